The molecular weight excluding hydrogens is 947 g/mol. The molecule has 1 nitrogen and oxygen atoms in total. The second-order valence-corrected chi connectivity index (χ2v) is 22.2. The van der Waals surface area contributed by atoms with Crippen LogP contribution in [0.3, 0.4) is 0 Å². The lowest BCUT2D eigenvalue weighted by Gasteiger charge is -2.31. The summed E-state index contributed by atoms with van der Waals surface area (Å²) < 4.78 is 2.59. The number of hydrogen-bond acceptors (Lipinski definition) is 2. The van der Waals surface area contributed by atoms with Gasteiger partial charge in [0.05, 0.1) is 11.4 Å². The number of fused-ring (bicyclic) bond motifs is 10. The molecule has 1 heterocycles. The zero-order valence-corrected chi connectivity index (χ0v) is 43.7. The Morgan fingerprint density at radius 3 is 1.70 bits per heavy atom. The topological polar surface area (TPSA) is 3.24 Å². The van der Waals surface area contributed by atoms with Gasteiger partial charge < -0.3 is 4.90 Å². The van der Waals surface area contributed by atoms with Crippen molar-refractivity contribution in [3.63, 3.8) is 0 Å². The number of rotatable bonds is 8. The molecule has 1 aromatic heterocycles. The monoisotopic (exact) mass is 997 g/mol. The summed E-state index contributed by atoms with van der Waals surface area (Å²) in [6, 6.07) is 102. The van der Waals surface area contributed by atoms with Crippen LogP contribution in [0.2, 0.25) is 0 Å². The molecule has 1 aliphatic carbocycles. The normalized spacial score (nSPS) is 12.6. The fourth-order valence-corrected chi connectivity index (χ4v) is 13.8. The van der Waals surface area contributed by atoms with Gasteiger partial charge in [0, 0.05) is 48.0 Å². The molecule has 0 amide bonds. The van der Waals surface area contributed by atoms with E-state index in [9.17, 15) is 0 Å². The minimum Gasteiger partial charge on any atom is -0.309 e. The van der Waals surface area contributed by atoms with Crippen LogP contribution < -0.4 is 4.90 Å². The fraction of sp³-hybridized carbons (Fsp3) is 0.0400. The van der Waals surface area contributed by atoms with Gasteiger partial charge in [-0.25, -0.2) is 0 Å². The van der Waals surface area contributed by atoms with E-state index < -0.39 is 0 Å². The van der Waals surface area contributed by atoms with E-state index >= 15 is 0 Å². The molecule has 0 N–H and O–H groups in total. The van der Waals surface area contributed by atoms with E-state index in [0.29, 0.717) is 0 Å². The van der Waals surface area contributed by atoms with Crippen LogP contribution in [0, 0.1) is 0 Å². The molecule has 0 aliphatic heterocycles. The highest BCUT2D eigenvalue weighted by Crippen LogP contribution is 2.56. The standard InChI is InChI=1S/C75H51NS/c1-75(2)68-40-37-54(53-36-39-62-56(42-53)35-34-51-23-10-12-28-60(51)62)45-67(68)73-69(75)31-17-33-71(73)76(70-32-14-13-29-63(70)49-18-5-3-6-19-49)58-26-15-25-52(43-58)55-38-41-72-65(44-55)66-47-57(61-30-16-24-48-22-9-11-27-59(48)61)46-64(74(66)77-72)50-20-7-4-8-21-50/h3-47H,1-2H3. The molecule has 1 aliphatic rings. The Labute approximate surface area is 453 Å². The average Bonchev–Trinajstić information content (AvgIpc) is 4.16. The first-order valence-electron chi connectivity index (χ1n) is 26.7. The fourth-order valence-electron chi connectivity index (χ4n) is 12.6. The smallest absolute Gasteiger partial charge is 0.0543 e. The number of anilines is 3. The van der Waals surface area contributed by atoms with Crippen molar-refractivity contribution in [3.05, 3.63) is 284 Å². The van der Waals surface area contributed by atoms with Crippen LogP contribution in [-0.2, 0) is 5.41 Å². The number of nitrogens with zero attached hydrogens (tertiary/aromatic N) is 1. The van der Waals surface area contributed by atoms with E-state index in [1.807, 2.05) is 11.3 Å². The molecular formula is C75H51NS. The van der Waals surface area contributed by atoms with Crippen LogP contribution in [0.15, 0.2) is 273 Å². The van der Waals surface area contributed by atoms with E-state index in [0.717, 1.165) is 17.1 Å². The first-order valence-corrected chi connectivity index (χ1v) is 27.5. The van der Waals surface area contributed by atoms with Crippen LogP contribution in [0.4, 0.5) is 17.1 Å². The van der Waals surface area contributed by atoms with Crippen LogP contribution in [-0.4, -0.2) is 0 Å². The van der Waals surface area contributed by atoms with E-state index in [-0.39, 0.29) is 5.41 Å². The lowest BCUT2D eigenvalue weighted by Crippen LogP contribution is -2.16. The minimum absolute atomic E-state index is 0.222. The first kappa shape index (κ1) is 45.1. The summed E-state index contributed by atoms with van der Waals surface area (Å²) in [7, 11) is 0. The van der Waals surface area contributed by atoms with Gasteiger partial charge in [-0.2, -0.15) is 0 Å². The molecule has 15 rings (SSSR count). The van der Waals surface area contributed by atoms with Crippen LogP contribution in [0.1, 0.15) is 25.0 Å². The van der Waals surface area contributed by atoms with Gasteiger partial charge in [0.15, 0.2) is 0 Å². The van der Waals surface area contributed by atoms with Crippen molar-refractivity contribution in [1.82, 2.24) is 0 Å². The highest BCUT2D eigenvalue weighted by molar-refractivity contribution is 7.26. The zero-order valence-electron chi connectivity index (χ0n) is 42.8. The summed E-state index contributed by atoms with van der Waals surface area (Å²) in [5, 5.41) is 10.1. The van der Waals surface area contributed by atoms with Crippen molar-refractivity contribution < 1.29 is 0 Å². The summed E-state index contributed by atoms with van der Waals surface area (Å²) in [6.45, 7) is 4.78. The Balaban J connectivity index is 0.909. The lowest BCUT2D eigenvalue weighted by atomic mass is 9.82. The minimum atomic E-state index is -0.222. The molecule has 0 saturated heterocycles. The third kappa shape index (κ3) is 7.43. The number of para-hydroxylation sites is 1. The van der Waals surface area contributed by atoms with Crippen LogP contribution in [0.5, 0.6) is 0 Å². The van der Waals surface area contributed by atoms with E-state index in [2.05, 4.69) is 292 Å². The summed E-state index contributed by atoms with van der Waals surface area (Å²) >= 11 is 1.89. The molecule has 362 valence electrons. The molecule has 0 fully saturated rings. The maximum atomic E-state index is 2.53. The van der Waals surface area contributed by atoms with Crippen molar-refractivity contribution in [2.45, 2.75) is 19.3 Å². The van der Waals surface area contributed by atoms with Crippen molar-refractivity contribution >= 4 is 80.9 Å². The molecule has 0 saturated carbocycles. The van der Waals surface area contributed by atoms with Crippen LogP contribution in [0.25, 0.3) is 119 Å². The van der Waals surface area contributed by atoms with Gasteiger partial charge in [0.25, 0.3) is 0 Å². The number of thiophene rings is 1. The Morgan fingerprint density at radius 1 is 0.299 bits per heavy atom. The highest BCUT2D eigenvalue weighted by Gasteiger charge is 2.38. The van der Waals surface area contributed by atoms with Gasteiger partial charge in [-0.1, -0.05) is 226 Å². The van der Waals surface area contributed by atoms with Gasteiger partial charge in [0.1, 0.15) is 0 Å². The third-order valence-electron chi connectivity index (χ3n) is 16.4. The molecule has 0 bridgehead atoms. The van der Waals surface area contributed by atoms with Gasteiger partial charge in [-0.05, 0) is 154 Å². The molecule has 0 atom stereocenters. The van der Waals surface area contributed by atoms with E-state index in [1.54, 1.807) is 0 Å². The van der Waals surface area contributed by atoms with Gasteiger partial charge >= 0.3 is 0 Å². The largest absolute Gasteiger partial charge is 0.309 e. The maximum absolute atomic E-state index is 2.53. The van der Waals surface area contributed by atoms with E-state index in [4.69, 9.17) is 0 Å². The Morgan fingerprint density at radius 2 is 0.857 bits per heavy atom. The summed E-state index contributed by atoms with van der Waals surface area (Å²) in [4.78, 5) is 2.53. The summed E-state index contributed by atoms with van der Waals surface area (Å²) in [5.74, 6) is 0. The second kappa shape index (κ2) is 17.9. The molecule has 0 radical (unpaired) electrons. The summed E-state index contributed by atoms with van der Waals surface area (Å²) in [5.41, 5.74) is 20.5. The summed E-state index contributed by atoms with van der Waals surface area (Å²) in [6.07, 6.45) is 0. The Bertz CT molecular complexity index is 4650. The van der Waals surface area contributed by atoms with Crippen molar-refractivity contribution in [2.75, 3.05) is 4.90 Å². The first-order chi connectivity index (χ1) is 37.9. The van der Waals surface area contributed by atoms with Gasteiger partial charge in [-0.3, -0.25) is 0 Å². The third-order valence-corrected chi connectivity index (χ3v) is 17.6. The van der Waals surface area contributed by atoms with Gasteiger partial charge in [0.2, 0.25) is 0 Å². The molecule has 14 aromatic rings. The zero-order chi connectivity index (χ0) is 51.2. The molecule has 0 unspecified atom stereocenters. The van der Waals surface area contributed by atoms with Crippen molar-refractivity contribution in [2.24, 2.45) is 0 Å². The number of benzene rings is 13. The average molecular weight is 998 g/mol. The van der Waals surface area contributed by atoms with E-state index in [1.165, 1.54) is 130 Å². The molecule has 0 spiro atoms. The SMILES string of the molecule is CC1(C)c2ccc(-c3ccc4c(ccc5ccccc54)c3)cc2-c2c(N(c3cccc(-c4ccc5sc6c(-c7ccccc7)cc(-c7cccc8ccccc78)cc6c5c4)c3)c3ccccc3-c3ccccc3)cccc21. The van der Waals surface area contributed by atoms with Crippen molar-refractivity contribution in [1.29, 1.82) is 0 Å². The molecule has 2 heteroatoms. The molecule has 13 aromatic carbocycles. The Kier molecular flexibility index (Phi) is 10.5. The second-order valence-electron chi connectivity index (χ2n) is 21.2. The predicted octanol–water partition coefficient (Wildman–Crippen LogP) is 21.6. The lowest BCUT2D eigenvalue weighted by molar-refractivity contribution is 0.660. The van der Waals surface area contributed by atoms with Gasteiger partial charge in [-0.15, -0.1) is 11.3 Å². The quantitative estimate of drug-likeness (QED) is 0.137. The highest BCUT2D eigenvalue weighted by atomic mass is 32.1. The maximum Gasteiger partial charge on any atom is 0.0543 e. The predicted molar refractivity (Wildman–Crippen MR) is 331 cm³/mol. The number of hydrogen-bond donors (Lipinski definition) is 0. The molecule has 77 heavy (non-hydrogen) atoms. The Hall–Kier alpha value is -9.34. The van der Waals surface area contributed by atoms with Crippen molar-refractivity contribution in [3.8, 4) is 66.8 Å². The van der Waals surface area contributed by atoms with Crippen LogP contribution >= 0.6 is 11.3 Å².